The fraction of sp³-hybridized carbons (Fsp3) is 0.360. The van der Waals surface area contributed by atoms with Gasteiger partial charge in [0.05, 0.1) is 6.54 Å². The van der Waals surface area contributed by atoms with Gasteiger partial charge in [0.15, 0.2) is 6.61 Å². The molecule has 0 aliphatic carbocycles. The van der Waals surface area contributed by atoms with E-state index in [9.17, 15) is 9.59 Å². The first kappa shape index (κ1) is 21.3. The number of furan rings is 1. The molecule has 8 nitrogen and oxygen atoms in total. The highest BCUT2D eigenvalue weighted by atomic mass is 16.5. The van der Waals surface area contributed by atoms with E-state index in [4.69, 9.17) is 14.3 Å². The average molecular weight is 450 g/mol. The zero-order valence-electron chi connectivity index (χ0n) is 18.3. The number of ether oxygens (including phenoxy) is 1. The van der Waals surface area contributed by atoms with Crippen LogP contribution in [-0.2, 0) is 24.5 Å². The minimum absolute atomic E-state index is 0.0177. The molecule has 1 aromatic carbocycles. The fourth-order valence-corrected chi connectivity index (χ4v) is 4.82. The molecule has 2 aliphatic rings. The monoisotopic (exact) mass is 449 g/mol. The third-order valence-corrected chi connectivity index (χ3v) is 6.39. The van der Waals surface area contributed by atoms with Crippen LogP contribution in [-0.4, -0.2) is 40.2 Å². The summed E-state index contributed by atoms with van der Waals surface area (Å²) in [5, 5.41) is 12.3. The van der Waals surface area contributed by atoms with Gasteiger partial charge in [-0.3, -0.25) is 9.59 Å². The van der Waals surface area contributed by atoms with Gasteiger partial charge < -0.3 is 29.0 Å². The molecule has 5 rings (SSSR count). The number of fused-ring (bicyclic) bond motifs is 4. The lowest BCUT2D eigenvalue weighted by atomic mass is 9.83. The second kappa shape index (κ2) is 9.15. The van der Waals surface area contributed by atoms with Crippen LogP contribution in [0.4, 0.5) is 5.69 Å². The molecule has 0 unspecified atom stereocenters. The minimum Gasteiger partial charge on any atom is -0.484 e. The number of hydrogen-bond acceptors (Lipinski definition) is 6. The van der Waals surface area contributed by atoms with E-state index >= 15 is 0 Å². The summed E-state index contributed by atoms with van der Waals surface area (Å²) in [6.07, 6.45) is 0.978. The maximum absolute atomic E-state index is 13.1. The second-order valence-electron chi connectivity index (χ2n) is 8.67. The Labute approximate surface area is 191 Å². The molecule has 1 fully saturated rings. The van der Waals surface area contributed by atoms with Gasteiger partial charge in [-0.15, -0.1) is 0 Å². The number of carbonyl (C=O) groups is 1. The van der Waals surface area contributed by atoms with Gasteiger partial charge in [-0.1, -0.05) is 18.2 Å². The molecule has 2 aromatic heterocycles. The summed E-state index contributed by atoms with van der Waals surface area (Å²) < 4.78 is 13.0. The van der Waals surface area contributed by atoms with Crippen molar-refractivity contribution < 1.29 is 19.1 Å². The molecular weight excluding hydrogens is 422 g/mol. The van der Waals surface area contributed by atoms with Gasteiger partial charge in [0.25, 0.3) is 11.5 Å². The summed E-state index contributed by atoms with van der Waals surface area (Å²) in [5.41, 5.74) is 1.44. The van der Waals surface area contributed by atoms with Crippen LogP contribution in [0, 0.1) is 5.92 Å². The van der Waals surface area contributed by atoms with Gasteiger partial charge in [-0.05, 0) is 48.7 Å². The zero-order valence-corrected chi connectivity index (χ0v) is 18.3. The fourth-order valence-electron chi connectivity index (χ4n) is 4.82. The van der Waals surface area contributed by atoms with E-state index in [1.54, 1.807) is 12.1 Å². The third kappa shape index (κ3) is 4.52. The molecule has 2 N–H and O–H groups in total. The predicted octanol–water partition coefficient (Wildman–Crippen LogP) is 2.57. The molecule has 172 valence electrons. The second-order valence-corrected chi connectivity index (χ2v) is 8.67. The van der Waals surface area contributed by atoms with E-state index in [0.29, 0.717) is 49.1 Å². The Kier molecular flexibility index (Phi) is 5.92. The van der Waals surface area contributed by atoms with E-state index in [2.05, 4.69) is 5.32 Å². The molecule has 2 atom stereocenters. The van der Waals surface area contributed by atoms with Crippen molar-refractivity contribution in [2.24, 2.45) is 5.92 Å². The van der Waals surface area contributed by atoms with Crippen molar-refractivity contribution >= 4 is 11.6 Å². The van der Waals surface area contributed by atoms with Gasteiger partial charge in [-0.25, -0.2) is 0 Å². The van der Waals surface area contributed by atoms with Crippen molar-refractivity contribution in [3.05, 3.63) is 82.2 Å². The highest BCUT2D eigenvalue weighted by Crippen LogP contribution is 2.35. The molecule has 1 amide bonds. The largest absolute Gasteiger partial charge is 0.484 e. The SMILES string of the molecule is O=C(COc1ccccc1)N1C[C@@H]2C[C@H](C1)c1ccc(NCc3ccc(CO)o3)c(=O)n1C2. The van der Waals surface area contributed by atoms with E-state index in [1.165, 1.54) is 0 Å². The van der Waals surface area contributed by atoms with E-state index in [-0.39, 0.29) is 36.5 Å². The van der Waals surface area contributed by atoms with E-state index < -0.39 is 0 Å². The van der Waals surface area contributed by atoms with Crippen LogP contribution in [0.15, 0.2) is 63.8 Å². The van der Waals surface area contributed by atoms with Gasteiger partial charge >= 0.3 is 0 Å². The summed E-state index contributed by atoms with van der Waals surface area (Å²) in [7, 11) is 0. The number of anilines is 1. The van der Waals surface area contributed by atoms with Crippen LogP contribution in [0.25, 0.3) is 0 Å². The molecule has 1 saturated heterocycles. The summed E-state index contributed by atoms with van der Waals surface area (Å²) in [4.78, 5) is 27.8. The van der Waals surface area contributed by atoms with Crippen molar-refractivity contribution in [1.82, 2.24) is 9.47 Å². The van der Waals surface area contributed by atoms with Crippen molar-refractivity contribution in [3.8, 4) is 5.75 Å². The van der Waals surface area contributed by atoms with Crippen LogP contribution in [0.3, 0.4) is 0 Å². The number of para-hydroxylation sites is 1. The molecule has 3 aromatic rings. The summed E-state index contributed by atoms with van der Waals surface area (Å²) in [6, 6.07) is 16.6. The van der Waals surface area contributed by atoms with Crippen LogP contribution in [0.5, 0.6) is 5.75 Å². The lowest BCUT2D eigenvalue weighted by molar-refractivity contribution is -0.136. The normalized spacial score (nSPS) is 19.1. The van der Waals surface area contributed by atoms with Crippen LogP contribution >= 0.6 is 0 Å². The summed E-state index contributed by atoms with van der Waals surface area (Å²) in [6.45, 7) is 2.06. The number of likely N-dealkylation sites (tertiary alicyclic amines) is 1. The number of carbonyl (C=O) groups excluding carboxylic acids is 1. The van der Waals surface area contributed by atoms with Crippen molar-refractivity contribution in [1.29, 1.82) is 0 Å². The summed E-state index contributed by atoms with van der Waals surface area (Å²) >= 11 is 0. The molecule has 0 radical (unpaired) electrons. The number of pyridine rings is 1. The Bertz CT molecular complexity index is 1190. The Hall–Kier alpha value is -3.52. The number of nitrogens with one attached hydrogen (secondary N) is 1. The predicted molar refractivity (Wildman–Crippen MR) is 122 cm³/mol. The molecule has 8 heteroatoms. The Morgan fingerprint density at radius 2 is 1.88 bits per heavy atom. The van der Waals surface area contributed by atoms with E-state index in [1.807, 2.05) is 51.9 Å². The molecular formula is C25H27N3O5. The smallest absolute Gasteiger partial charge is 0.274 e. The Morgan fingerprint density at radius 1 is 1.06 bits per heavy atom. The van der Waals surface area contributed by atoms with Gasteiger partial charge in [0.1, 0.15) is 29.6 Å². The highest BCUT2D eigenvalue weighted by molar-refractivity contribution is 5.78. The lowest BCUT2D eigenvalue weighted by Gasteiger charge is -2.42. The number of aromatic nitrogens is 1. The average Bonchev–Trinajstić information content (AvgIpc) is 3.31. The molecule has 0 saturated carbocycles. The molecule has 2 bridgehead atoms. The van der Waals surface area contributed by atoms with Crippen LogP contribution < -0.4 is 15.6 Å². The molecule has 33 heavy (non-hydrogen) atoms. The van der Waals surface area contributed by atoms with Crippen LogP contribution in [0.2, 0.25) is 0 Å². The maximum atomic E-state index is 13.1. The molecule has 4 heterocycles. The van der Waals surface area contributed by atoms with Crippen molar-refractivity contribution in [3.63, 3.8) is 0 Å². The number of amides is 1. The van der Waals surface area contributed by atoms with Crippen molar-refractivity contribution in [2.45, 2.75) is 32.0 Å². The topological polar surface area (TPSA) is 96.9 Å². The first-order valence-electron chi connectivity index (χ1n) is 11.2. The number of aliphatic hydroxyl groups is 1. The number of hydrogen-bond donors (Lipinski definition) is 2. The third-order valence-electron chi connectivity index (χ3n) is 6.39. The van der Waals surface area contributed by atoms with Gasteiger partial charge in [-0.2, -0.15) is 0 Å². The molecule has 2 aliphatic heterocycles. The van der Waals surface area contributed by atoms with Gasteiger partial charge in [0, 0.05) is 31.2 Å². The number of aliphatic hydroxyl groups excluding tert-OH is 1. The quantitative estimate of drug-likeness (QED) is 0.576. The first-order chi connectivity index (χ1) is 16.1. The first-order valence-corrected chi connectivity index (χ1v) is 11.2. The van der Waals surface area contributed by atoms with Crippen LogP contribution in [0.1, 0.15) is 29.6 Å². The van der Waals surface area contributed by atoms with Crippen molar-refractivity contribution in [2.75, 3.05) is 25.0 Å². The van der Waals surface area contributed by atoms with Gasteiger partial charge in [0.2, 0.25) is 0 Å². The number of rotatable bonds is 7. The lowest BCUT2D eigenvalue weighted by Crippen LogP contribution is -2.50. The highest BCUT2D eigenvalue weighted by Gasteiger charge is 2.36. The van der Waals surface area contributed by atoms with E-state index in [0.717, 1.165) is 12.1 Å². The number of piperidine rings is 1. The Balaban J connectivity index is 1.25. The number of nitrogens with zero attached hydrogens (tertiary/aromatic N) is 2. The Morgan fingerprint density at radius 3 is 2.67 bits per heavy atom. The minimum atomic E-state index is -0.151. The maximum Gasteiger partial charge on any atom is 0.274 e. The summed E-state index contributed by atoms with van der Waals surface area (Å²) in [5.74, 6) is 2.18. The number of benzene rings is 1. The molecule has 0 spiro atoms. The zero-order chi connectivity index (χ0) is 22.8. The standard InChI is InChI=1S/C25H27N3O5/c29-15-21-7-6-20(33-21)11-26-22-8-9-23-18-10-17(13-28(23)25(22)31)12-27(14-18)24(30)16-32-19-4-2-1-3-5-19/h1-9,17-18,26,29H,10-16H2/t17-,18+/m0/s1.